The van der Waals surface area contributed by atoms with Crippen molar-refractivity contribution in [1.29, 1.82) is 5.26 Å². The van der Waals surface area contributed by atoms with Crippen LogP contribution in [0.5, 0.6) is 0 Å². The third-order valence-electron chi connectivity index (χ3n) is 6.62. The molecule has 1 atom stereocenters. The zero-order chi connectivity index (χ0) is 28.1. The molecule has 11 heteroatoms. The quantitative estimate of drug-likeness (QED) is 0.193. The van der Waals surface area contributed by atoms with E-state index in [4.69, 9.17) is 33.2 Å². The third-order valence-corrected chi connectivity index (χ3v) is 8.16. The summed E-state index contributed by atoms with van der Waals surface area (Å²) in [5, 5.41) is 33.5. The van der Waals surface area contributed by atoms with Crippen LogP contribution in [0, 0.1) is 11.3 Å². The number of benzene rings is 2. The van der Waals surface area contributed by atoms with E-state index in [1.807, 2.05) is 48.5 Å². The van der Waals surface area contributed by atoms with Gasteiger partial charge in [-0.3, -0.25) is 8.80 Å². The van der Waals surface area contributed by atoms with Gasteiger partial charge in [-0.1, -0.05) is 79.3 Å². The van der Waals surface area contributed by atoms with Gasteiger partial charge in [-0.05, 0) is 42.5 Å². The van der Waals surface area contributed by atoms with Crippen LogP contribution in [-0.2, 0) is 6.61 Å². The molecular formula is C29H17Br2Cl2N5O2. The molecule has 4 heterocycles. The van der Waals surface area contributed by atoms with Crippen molar-refractivity contribution in [3.63, 3.8) is 0 Å². The first-order valence-electron chi connectivity index (χ1n) is 11.9. The Morgan fingerprint density at radius 1 is 0.875 bits per heavy atom. The van der Waals surface area contributed by atoms with Gasteiger partial charge in [0.25, 0.3) is 0 Å². The molecule has 6 rings (SSSR count). The Labute approximate surface area is 255 Å². The van der Waals surface area contributed by atoms with Gasteiger partial charge in [-0.25, -0.2) is 9.97 Å². The van der Waals surface area contributed by atoms with Gasteiger partial charge in [0.1, 0.15) is 17.8 Å². The topological polar surface area (TPSA) is 98.8 Å². The van der Waals surface area contributed by atoms with Crippen LogP contribution in [-0.4, -0.2) is 29.0 Å². The number of pyridine rings is 2. The van der Waals surface area contributed by atoms with E-state index in [2.05, 4.69) is 37.9 Å². The summed E-state index contributed by atoms with van der Waals surface area (Å²) in [5.41, 5.74) is 4.58. The van der Waals surface area contributed by atoms with Crippen molar-refractivity contribution in [2.45, 2.75) is 12.7 Å². The second-order valence-corrected chi connectivity index (χ2v) is 11.6. The number of rotatable bonds is 5. The highest BCUT2D eigenvalue weighted by Crippen LogP contribution is 2.38. The molecule has 0 amide bonds. The lowest BCUT2D eigenvalue weighted by molar-refractivity contribution is 0.206. The minimum Gasteiger partial charge on any atom is -0.390 e. The minimum absolute atomic E-state index is 0.208. The molecule has 4 aromatic heterocycles. The van der Waals surface area contributed by atoms with Gasteiger partial charge >= 0.3 is 0 Å². The van der Waals surface area contributed by atoms with Crippen molar-refractivity contribution in [2.24, 2.45) is 0 Å². The normalized spacial score (nSPS) is 12.2. The van der Waals surface area contributed by atoms with Gasteiger partial charge < -0.3 is 10.2 Å². The molecule has 0 aliphatic heterocycles. The summed E-state index contributed by atoms with van der Waals surface area (Å²) >= 11 is 19.8. The maximum Gasteiger partial charge on any atom is 0.156 e. The van der Waals surface area contributed by atoms with Crippen LogP contribution in [0.25, 0.3) is 33.8 Å². The van der Waals surface area contributed by atoms with E-state index in [-0.39, 0.29) is 17.9 Å². The Morgan fingerprint density at radius 2 is 1.50 bits per heavy atom. The average molecular weight is 698 g/mol. The summed E-state index contributed by atoms with van der Waals surface area (Å²) in [6, 6.07) is 22.1. The monoisotopic (exact) mass is 695 g/mol. The second-order valence-electron chi connectivity index (χ2n) is 8.96. The third kappa shape index (κ3) is 4.51. The zero-order valence-corrected chi connectivity index (χ0v) is 25.0. The van der Waals surface area contributed by atoms with Crippen LogP contribution < -0.4 is 0 Å². The van der Waals surface area contributed by atoms with Crippen LogP contribution in [0.4, 0.5) is 0 Å². The van der Waals surface area contributed by atoms with Crippen molar-refractivity contribution in [3.05, 3.63) is 115 Å². The first kappa shape index (κ1) is 27.0. The van der Waals surface area contributed by atoms with E-state index < -0.39 is 6.10 Å². The fourth-order valence-electron chi connectivity index (χ4n) is 4.87. The predicted octanol–water partition coefficient (Wildman–Crippen LogP) is 7.59. The summed E-state index contributed by atoms with van der Waals surface area (Å²) in [4.78, 5) is 9.54. The summed E-state index contributed by atoms with van der Waals surface area (Å²) in [7, 11) is 0. The average Bonchev–Trinajstić information content (AvgIpc) is 3.52. The van der Waals surface area contributed by atoms with Crippen molar-refractivity contribution in [3.8, 4) is 28.6 Å². The SMILES string of the molecule is N#Cc1ccc2nc(-c3ccc(Br)cc3)c(CO)n2c1C(O)c1c(-c2ccc(Br)cc2)nc2c(Cl)cc(Cl)cn12. The number of halogens is 4. The lowest BCUT2D eigenvalue weighted by atomic mass is 10.0. The highest BCUT2D eigenvalue weighted by Gasteiger charge is 2.29. The molecule has 2 N–H and O–H groups in total. The molecular weight excluding hydrogens is 681 g/mol. The number of hydrogen-bond acceptors (Lipinski definition) is 5. The first-order valence-corrected chi connectivity index (χ1v) is 14.3. The van der Waals surface area contributed by atoms with Gasteiger partial charge in [0.2, 0.25) is 0 Å². The number of aromatic nitrogens is 4. The van der Waals surface area contributed by atoms with Crippen molar-refractivity contribution in [1.82, 2.24) is 18.8 Å². The van der Waals surface area contributed by atoms with Gasteiger partial charge in [-0.15, -0.1) is 0 Å². The smallest absolute Gasteiger partial charge is 0.156 e. The standard InChI is InChI=1S/C29H17Br2Cl2N5O2/c30-18-6-1-15(2-7-18)24-22(14-39)38-23(35-24)10-5-17(12-34)26(38)28(40)27-25(16-3-8-19(31)9-4-16)36-29-21(33)11-20(32)13-37(27)29/h1-11,13,28,39-40H,14H2. The molecule has 0 fully saturated rings. The molecule has 0 radical (unpaired) electrons. The number of imidazole rings is 2. The fraction of sp³-hybridized carbons (Fsp3) is 0.0690. The molecule has 0 spiro atoms. The van der Waals surface area contributed by atoms with Gasteiger partial charge in [0, 0.05) is 26.3 Å². The van der Waals surface area contributed by atoms with E-state index >= 15 is 0 Å². The van der Waals surface area contributed by atoms with Crippen molar-refractivity contribution in [2.75, 3.05) is 0 Å². The van der Waals surface area contributed by atoms with Gasteiger partial charge in [0.05, 0.1) is 50.7 Å². The molecule has 0 saturated heterocycles. The fourth-order valence-corrected chi connectivity index (χ4v) is 5.91. The molecule has 0 saturated carbocycles. The first-order chi connectivity index (χ1) is 19.3. The van der Waals surface area contributed by atoms with Crippen molar-refractivity contribution < 1.29 is 10.2 Å². The van der Waals surface area contributed by atoms with E-state index in [0.29, 0.717) is 44.1 Å². The van der Waals surface area contributed by atoms with Gasteiger partial charge in [0.15, 0.2) is 5.65 Å². The van der Waals surface area contributed by atoms with Crippen LogP contribution in [0.2, 0.25) is 10.0 Å². The van der Waals surface area contributed by atoms with E-state index in [9.17, 15) is 15.5 Å². The number of nitriles is 1. The molecule has 198 valence electrons. The molecule has 0 aliphatic rings. The molecule has 0 aliphatic carbocycles. The molecule has 7 nitrogen and oxygen atoms in total. The maximum absolute atomic E-state index is 12.2. The highest BCUT2D eigenvalue weighted by molar-refractivity contribution is 9.10. The Bertz CT molecular complexity index is 1960. The number of aliphatic hydroxyl groups excluding tert-OH is 2. The van der Waals surface area contributed by atoms with Crippen LogP contribution >= 0.6 is 55.1 Å². The van der Waals surface area contributed by atoms with Crippen molar-refractivity contribution >= 4 is 66.4 Å². The number of fused-ring (bicyclic) bond motifs is 2. The molecule has 0 bridgehead atoms. The summed E-state index contributed by atoms with van der Waals surface area (Å²) in [6.45, 7) is -0.383. The minimum atomic E-state index is -1.39. The largest absolute Gasteiger partial charge is 0.390 e. The van der Waals surface area contributed by atoms with Crippen LogP contribution in [0.1, 0.15) is 28.7 Å². The Morgan fingerprint density at radius 3 is 2.10 bits per heavy atom. The van der Waals surface area contributed by atoms with E-state index in [0.717, 1.165) is 20.1 Å². The Balaban J connectivity index is 1.67. The van der Waals surface area contributed by atoms with Gasteiger partial charge in [-0.2, -0.15) is 5.26 Å². The number of nitrogens with zero attached hydrogens (tertiary/aromatic N) is 5. The zero-order valence-electron chi connectivity index (χ0n) is 20.4. The summed E-state index contributed by atoms with van der Waals surface area (Å²) in [5.74, 6) is 0. The lowest BCUT2D eigenvalue weighted by Gasteiger charge is -2.18. The molecule has 2 aromatic carbocycles. The summed E-state index contributed by atoms with van der Waals surface area (Å²) < 4.78 is 5.06. The number of aliphatic hydroxyl groups is 2. The molecule has 6 aromatic rings. The Kier molecular flexibility index (Phi) is 7.17. The van der Waals surface area contributed by atoms with E-state index in [1.54, 1.807) is 33.2 Å². The second kappa shape index (κ2) is 10.6. The lowest BCUT2D eigenvalue weighted by Crippen LogP contribution is -2.14. The van der Waals surface area contributed by atoms with Crippen LogP contribution in [0.15, 0.2) is 81.9 Å². The van der Waals surface area contributed by atoms with Crippen LogP contribution in [0.3, 0.4) is 0 Å². The maximum atomic E-state index is 12.2. The predicted molar refractivity (Wildman–Crippen MR) is 161 cm³/mol. The highest BCUT2D eigenvalue weighted by atomic mass is 79.9. The summed E-state index contributed by atoms with van der Waals surface area (Å²) in [6.07, 6.45) is 0.232. The molecule has 40 heavy (non-hydrogen) atoms. The Hall–Kier alpha value is -3.23. The molecule has 1 unspecified atom stereocenters. The number of hydrogen-bond donors (Lipinski definition) is 2. The van der Waals surface area contributed by atoms with E-state index in [1.165, 1.54) is 0 Å².